The third-order valence-electron chi connectivity index (χ3n) is 1.27. The van der Waals surface area contributed by atoms with Gasteiger partial charge >= 0.3 is 12.1 Å². The van der Waals surface area contributed by atoms with Gasteiger partial charge in [0.25, 0.3) is 0 Å². The van der Waals surface area contributed by atoms with Crippen molar-refractivity contribution in [1.82, 2.24) is 0 Å². The number of carboxylic acids is 1. The monoisotopic (exact) mass is 223 g/mol. The minimum atomic E-state index is -5.08. The predicted octanol–water partition coefficient (Wildman–Crippen LogP) is 2.75. The smallest absolute Gasteiger partial charge is 0.475 e. The van der Waals surface area contributed by atoms with E-state index in [-0.39, 0.29) is 5.92 Å². The van der Waals surface area contributed by atoms with Gasteiger partial charge in [0.05, 0.1) is 12.0 Å². The molecule has 0 bridgehead atoms. The summed E-state index contributed by atoms with van der Waals surface area (Å²) >= 11 is 0. The highest BCUT2D eigenvalue weighted by Crippen LogP contribution is 2.13. The Hall–Kier alpha value is -1.51. The van der Waals surface area contributed by atoms with Crippen LogP contribution >= 0.6 is 0 Å². The van der Waals surface area contributed by atoms with Gasteiger partial charge in [-0.2, -0.15) is 18.4 Å². The van der Waals surface area contributed by atoms with Crippen LogP contribution in [-0.4, -0.2) is 17.3 Å². The lowest BCUT2D eigenvalue weighted by Gasteiger charge is -1.93. The number of rotatable bonds is 2. The van der Waals surface area contributed by atoms with Gasteiger partial charge in [-0.1, -0.05) is 19.1 Å². The summed E-state index contributed by atoms with van der Waals surface area (Å²) in [4.78, 5) is 8.90. The fourth-order valence-corrected chi connectivity index (χ4v) is 0.503. The molecule has 0 saturated carbocycles. The van der Waals surface area contributed by atoms with E-state index in [9.17, 15) is 13.2 Å². The standard InChI is InChI=1S/C7H11N.C2HF3O2/c1-3-5-7(4-2)6-8;3-2(4,5)1(6)7/h3,5,7H,4H2,1-2H3;(H,6,7). The summed E-state index contributed by atoms with van der Waals surface area (Å²) in [6.07, 6.45) is -0.335. The molecule has 3 nitrogen and oxygen atoms in total. The summed E-state index contributed by atoms with van der Waals surface area (Å²) in [5.41, 5.74) is 0. The summed E-state index contributed by atoms with van der Waals surface area (Å²) in [5, 5.41) is 15.5. The fourth-order valence-electron chi connectivity index (χ4n) is 0.503. The highest BCUT2D eigenvalue weighted by Gasteiger charge is 2.38. The molecular weight excluding hydrogens is 211 g/mol. The van der Waals surface area contributed by atoms with E-state index < -0.39 is 12.1 Å². The Balaban J connectivity index is 0. The van der Waals surface area contributed by atoms with Gasteiger partial charge in [-0.3, -0.25) is 0 Å². The summed E-state index contributed by atoms with van der Waals surface area (Å²) in [6.45, 7) is 3.94. The Bertz CT molecular complexity index is 253. The van der Waals surface area contributed by atoms with E-state index in [1.165, 1.54) is 0 Å². The highest BCUT2D eigenvalue weighted by molar-refractivity contribution is 5.73. The van der Waals surface area contributed by atoms with Crippen molar-refractivity contribution in [3.8, 4) is 6.07 Å². The first-order valence-electron chi connectivity index (χ1n) is 4.12. The molecule has 0 spiro atoms. The van der Waals surface area contributed by atoms with Crippen LogP contribution in [0, 0.1) is 17.2 Å². The number of nitriles is 1. The van der Waals surface area contributed by atoms with Gasteiger partial charge in [0, 0.05) is 0 Å². The molecule has 15 heavy (non-hydrogen) atoms. The quantitative estimate of drug-likeness (QED) is 0.732. The third kappa shape index (κ3) is 10.4. The van der Waals surface area contributed by atoms with Gasteiger partial charge < -0.3 is 5.11 Å². The Kier molecular flexibility index (Phi) is 8.35. The minimum Gasteiger partial charge on any atom is -0.475 e. The maximum atomic E-state index is 10.6. The number of allylic oxidation sites excluding steroid dienone is 2. The molecule has 1 N–H and O–H groups in total. The van der Waals surface area contributed by atoms with Gasteiger partial charge in [0.15, 0.2) is 0 Å². The van der Waals surface area contributed by atoms with Crippen LogP contribution in [0.1, 0.15) is 20.3 Å². The van der Waals surface area contributed by atoms with Gasteiger partial charge in [-0.25, -0.2) is 4.79 Å². The molecule has 86 valence electrons. The predicted molar refractivity (Wildman–Crippen MR) is 47.9 cm³/mol. The molecule has 0 amide bonds. The molecular formula is C9H12F3NO2. The Labute approximate surface area is 85.8 Å². The lowest BCUT2D eigenvalue weighted by atomic mass is 10.1. The van der Waals surface area contributed by atoms with Gasteiger partial charge in [0.1, 0.15) is 0 Å². The van der Waals surface area contributed by atoms with Crippen molar-refractivity contribution in [3.05, 3.63) is 12.2 Å². The van der Waals surface area contributed by atoms with Crippen LogP contribution in [0.3, 0.4) is 0 Å². The normalized spacial score (nSPS) is 12.5. The molecule has 0 saturated heterocycles. The van der Waals surface area contributed by atoms with Crippen molar-refractivity contribution in [1.29, 1.82) is 5.26 Å². The van der Waals surface area contributed by atoms with Gasteiger partial charge in [-0.15, -0.1) is 0 Å². The number of carbonyl (C=O) groups is 1. The molecule has 0 heterocycles. The van der Waals surface area contributed by atoms with Crippen LogP contribution in [-0.2, 0) is 4.79 Å². The molecule has 0 aromatic carbocycles. The molecule has 0 radical (unpaired) electrons. The number of halogens is 3. The lowest BCUT2D eigenvalue weighted by molar-refractivity contribution is -0.192. The summed E-state index contributed by atoms with van der Waals surface area (Å²) in [7, 11) is 0. The van der Waals surface area contributed by atoms with E-state index in [2.05, 4.69) is 6.07 Å². The molecule has 0 aliphatic rings. The fraction of sp³-hybridized carbons (Fsp3) is 0.556. The Morgan fingerprint density at radius 3 is 2.07 bits per heavy atom. The highest BCUT2D eigenvalue weighted by atomic mass is 19.4. The minimum absolute atomic E-state index is 0.125. The molecule has 0 fully saturated rings. The van der Waals surface area contributed by atoms with Gasteiger partial charge in [0.2, 0.25) is 0 Å². The van der Waals surface area contributed by atoms with Crippen LogP contribution in [0.4, 0.5) is 13.2 Å². The maximum Gasteiger partial charge on any atom is 0.490 e. The number of nitrogens with zero attached hydrogens (tertiary/aromatic N) is 1. The largest absolute Gasteiger partial charge is 0.490 e. The average Bonchev–Trinajstić information content (AvgIpc) is 2.13. The van der Waals surface area contributed by atoms with Crippen molar-refractivity contribution >= 4 is 5.97 Å². The molecule has 0 aromatic rings. The van der Waals surface area contributed by atoms with E-state index in [0.717, 1.165) is 6.42 Å². The molecule has 0 rings (SSSR count). The first-order valence-corrected chi connectivity index (χ1v) is 4.12. The van der Waals surface area contributed by atoms with E-state index in [1.807, 2.05) is 26.0 Å². The second-order valence-electron chi connectivity index (χ2n) is 2.47. The van der Waals surface area contributed by atoms with E-state index in [4.69, 9.17) is 15.2 Å². The van der Waals surface area contributed by atoms with Crippen molar-refractivity contribution < 1.29 is 23.1 Å². The number of carboxylic acid groups (broad SMARTS) is 1. The van der Waals surface area contributed by atoms with Crippen molar-refractivity contribution in [3.63, 3.8) is 0 Å². The third-order valence-corrected chi connectivity index (χ3v) is 1.27. The molecule has 0 aliphatic heterocycles. The molecule has 6 heteroatoms. The number of aliphatic carboxylic acids is 1. The second kappa shape index (κ2) is 7.85. The lowest BCUT2D eigenvalue weighted by Crippen LogP contribution is -2.21. The van der Waals surface area contributed by atoms with Crippen molar-refractivity contribution in [2.75, 3.05) is 0 Å². The average molecular weight is 223 g/mol. The van der Waals surface area contributed by atoms with Crippen LogP contribution in [0.25, 0.3) is 0 Å². The van der Waals surface area contributed by atoms with Crippen LogP contribution in [0.5, 0.6) is 0 Å². The molecule has 0 aliphatic carbocycles. The Morgan fingerprint density at radius 2 is 2.00 bits per heavy atom. The maximum absolute atomic E-state index is 10.6. The first-order chi connectivity index (χ1) is 6.79. The molecule has 0 aromatic heterocycles. The van der Waals surface area contributed by atoms with Crippen molar-refractivity contribution in [2.24, 2.45) is 5.92 Å². The van der Waals surface area contributed by atoms with Crippen LogP contribution in [0.2, 0.25) is 0 Å². The second-order valence-corrected chi connectivity index (χ2v) is 2.47. The van der Waals surface area contributed by atoms with E-state index in [0.29, 0.717) is 0 Å². The zero-order valence-electron chi connectivity index (χ0n) is 8.38. The molecule has 1 unspecified atom stereocenters. The van der Waals surface area contributed by atoms with Crippen molar-refractivity contribution in [2.45, 2.75) is 26.4 Å². The Morgan fingerprint density at radius 1 is 1.60 bits per heavy atom. The van der Waals surface area contributed by atoms with Crippen LogP contribution < -0.4 is 0 Å². The first kappa shape index (κ1) is 15.9. The SMILES string of the molecule is CC=CC(C#N)CC.O=C(O)C(F)(F)F. The number of hydrogen-bond acceptors (Lipinski definition) is 2. The van der Waals surface area contributed by atoms with Crippen LogP contribution in [0.15, 0.2) is 12.2 Å². The zero-order valence-corrected chi connectivity index (χ0v) is 8.38. The van der Waals surface area contributed by atoms with E-state index >= 15 is 0 Å². The number of hydrogen-bond donors (Lipinski definition) is 1. The molecule has 1 atom stereocenters. The summed E-state index contributed by atoms with van der Waals surface area (Å²) in [5.74, 6) is -2.63. The topological polar surface area (TPSA) is 61.1 Å². The zero-order chi connectivity index (χ0) is 12.5. The van der Waals surface area contributed by atoms with Gasteiger partial charge in [-0.05, 0) is 13.3 Å². The summed E-state index contributed by atoms with van der Waals surface area (Å²) < 4.78 is 31.7. The van der Waals surface area contributed by atoms with E-state index in [1.54, 1.807) is 0 Å². The number of alkyl halides is 3. The summed E-state index contributed by atoms with van der Waals surface area (Å²) in [6, 6.07) is 2.17.